The summed E-state index contributed by atoms with van der Waals surface area (Å²) in [4.78, 5) is 33.0. The van der Waals surface area contributed by atoms with Gasteiger partial charge >= 0.3 is 0 Å². The summed E-state index contributed by atoms with van der Waals surface area (Å²) in [6, 6.07) is -0.615. The Morgan fingerprint density at radius 1 is 1.64 bits per heavy atom. The van der Waals surface area contributed by atoms with Gasteiger partial charge in [-0.25, -0.2) is 0 Å². The lowest BCUT2D eigenvalue weighted by atomic mass is 10.1. The Morgan fingerprint density at radius 3 is 2.93 bits per heavy atom. The van der Waals surface area contributed by atoms with Crippen LogP contribution in [0.5, 0.6) is 0 Å². The Labute approximate surface area is 81.0 Å². The summed E-state index contributed by atoms with van der Waals surface area (Å²) >= 11 is 0. The van der Waals surface area contributed by atoms with Crippen LogP contribution in [0.2, 0.25) is 0 Å². The number of imide groups is 1. The number of nitrogens with one attached hydrogen (secondary N) is 2. The van der Waals surface area contributed by atoms with Crippen molar-refractivity contribution in [2.45, 2.75) is 18.9 Å². The van der Waals surface area contributed by atoms with Gasteiger partial charge in [-0.15, -0.1) is 0 Å². The molecule has 0 aromatic rings. The first kappa shape index (κ1) is 10.6. The average molecular weight is 200 g/mol. The number of carbonyl (C=O) groups excluding carboxylic acids is 3. The maximum atomic E-state index is 11.2. The van der Waals surface area contributed by atoms with Crippen LogP contribution in [-0.4, -0.2) is 37.5 Å². The van der Waals surface area contributed by atoms with Gasteiger partial charge in [-0.3, -0.25) is 19.7 Å². The third kappa shape index (κ3) is 2.81. The van der Waals surface area contributed by atoms with Gasteiger partial charge in [0.05, 0.1) is 0 Å². The molecule has 14 heavy (non-hydrogen) atoms. The van der Waals surface area contributed by atoms with Gasteiger partial charge in [-0.2, -0.15) is 0 Å². The quantitative estimate of drug-likeness (QED) is 0.546. The van der Waals surface area contributed by atoms with Crippen molar-refractivity contribution in [2.75, 3.05) is 13.7 Å². The Kier molecular flexibility index (Phi) is 3.58. The highest BCUT2D eigenvalue weighted by atomic mass is 16.5. The molecule has 1 heterocycles. The second-order valence-electron chi connectivity index (χ2n) is 3.00. The predicted octanol–water partition coefficient (Wildman–Crippen LogP) is -1.45. The zero-order valence-corrected chi connectivity index (χ0v) is 7.83. The maximum Gasteiger partial charge on any atom is 0.249 e. The number of hydrogen-bond donors (Lipinski definition) is 2. The molecule has 0 bridgehead atoms. The van der Waals surface area contributed by atoms with E-state index < -0.39 is 11.9 Å². The van der Waals surface area contributed by atoms with E-state index in [-0.39, 0.29) is 24.8 Å². The maximum absolute atomic E-state index is 11.2. The molecule has 1 saturated heterocycles. The topological polar surface area (TPSA) is 84.5 Å². The van der Waals surface area contributed by atoms with Gasteiger partial charge < -0.3 is 10.1 Å². The largest absolute Gasteiger partial charge is 0.375 e. The standard InChI is InChI=1S/C8H12N2O4/c1-14-4-7(12)9-5-2-3-6(11)10-8(5)13/h5H,2-4H2,1H3,(H,9,12)(H,10,11,13). The van der Waals surface area contributed by atoms with Crippen molar-refractivity contribution in [3.05, 3.63) is 0 Å². The second-order valence-corrected chi connectivity index (χ2v) is 3.00. The van der Waals surface area contributed by atoms with Crippen molar-refractivity contribution in [2.24, 2.45) is 0 Å². The molecule has 1 fully saturated rings. The molecule has 2 N–H and O–H groups in total. The highest BCUT2D eigenvalue weighted by Crippen LogP contribution is 2.03. The summed E-state index contributed by atoms with van der Waals surface area (Å²) in [5.74, 6) is -1.11. The Morgan fingerprint density at radius 2 is 2.36 bits per heavy atom. The highest BCUT2D eigenvalue weighted by molar-refractivity contribution is 6.01. The Hall–Kier alpha value is -1.43. The van der Waals surface area contributed by atoms with E-state index in [2.05, 4.69) is 15.4 Å². The van der Waals surface area contributed by atoms with Gasteiger partial charge in [0.15, 0.2) is 0 Å². The van der Waals surface area contributed by atoms with E-state index in [1.54, 1.807) is 0 Å². The zero-order valence-electron chi connectivity index (χ0n) is 7.83. The number of hydrogen-bond acceptors (Lipinski definition) is 4. The second kappa shape index (κ2) is 4.71. The lowest BCUT2D eigenvalue weighted by Gasteiger charge is -2.21. The van der Waals surface area contributed by atoms with Crippen LogP contribution >= 0.6 is 0 Å². The molecule has 0 spiro atoms. The Bertz CT molecular complexity index is 264. The van der Waals surface area contributed by atoms with Crippen molar-refractivity contribution in [1.29, 1.82) is 0 Å². The van der Waals surface area contributed by atoms with Crippen LogP contribution in [0, 0.1) is 0 Å². The van der Waals surface area contributed by atoms with Crippen molar-refractivity contribution < 1.29 is 19.1 Å². The minimum Gasteiger partial charge on any atom is -0.375 e. The zero-order chi connectivity index (χ0) is 10.6. The third-order valence-corrected chi connectivity index (χ3v) is 1.85. The van der Waals surface area contributed by atoms with Crippen LogP contribution in [0.1, 0.15) is 12.8 Å². The summed E-state index contributed by atoms with van der Waals surface area (Å²) in [6.07, 6.45) is 0.601. The summed E-state index contributed by atoms with van der Waals surface area (Å²) in [7, 11) is 1.39. The molecule has 1 unspecified atom stereocenters. The van der Waals surface area contributed by atoms with Gasteiger partial charge in [0, 0.05) is 13.5 Å². The fourth-order valence-corrected chi connectivity index (χ4v) is 1.20. The number of carbonyl (C=O) groups is 3. The van der Waals surface area contributed by atoms with Crippen LogP contribution in [0.4, 0.5) is 0 Å². The van der Waals surface area contributed by atoms with Gasteiger partial charge in [-0.05, 0) is 6.42 Å². The normalized spacial score (nSPS) is 21.6. The molecule has 6 nitrogen and oxygen atoms in total. The molecular formula is C8H12N2O4. The molecule has 0 saturated carbocycles. The van der Waals surface area contributed by atoms with E-state index in [1.807, 2.05) is 0 Å². The molecule has 0 aromatic heterocycles. The van der Waals surface area contributed by atoms with Crippen LogP contribution in [-0.2, 0) is 19.1 Å². The lowest BCUT2D eigenvalue weighted by Crippen LogP contribution is -2.52. The van der Waals surface area contributed by atoms with E-state index in [1.165, 1.54) is 7.11 Å². The summed E-state index contributed by atoms with van der Waals surface area (Å²) in [6.45, 7) is -0.0856. The number of rotatable bonds is 3. The highest BCUT2D eigenvalue weighted by Gasteiger charge is 2.27. The lowest BCUT2D eigenvalue weighted by molar-refractivity contribution is -0.138. The molecule has 6 heteroatoms. The smallest absolute Gasteiger partial charge is 0.249 e. The first-order valence-corrected chi connectivity index (χ1v) is 4.25. The van der Waals surface area contributed by atoms with Crippen LogP contribution in [0.3, 0.4) is 0 Å². The molecule has 1 aliphatic heterocycles. The SMILES string of the molecule is COCC(=O)NC1CCC(=O)NC1=O. The number of piperidine rings is 1. The van der Waals surface area contributed by atoms with Crippen LogP contribution in [0.15, 0.2) is 0 Å². The van der Waals surface area contributed by atoms with Gasteiger partial charge in [0.2, 0.25) is 17.7 Å². The van der Waals surface area contributed by atoms with E-state index >= 15 is 0 Å². The summed E-state index contributed by atoms with van der Waals surface area (Å²) < 4.78 is 4.59. The monoisotopic (exact) mass is 200 g/mol. The van der Waals surface area contributed by atoms with Gasteiger partial charge in [-0.1, -0.05) is 0 Å². The third-order valence-electron chi connectivity index (χ3n) is 1.85. The minimum atomic E-state index is -0.615. The molecule has 78 valence electrons. The van der Waals surface area contributed by atoms with E-state index in [4.69, 9.17) is 0 Å². The number of methoxy groups -OCH3 is 1. The molecule has 0 aromatic carbocycles. The molecule has 1 atom stereocenters. The fraction of sp³-hybridized carbons (Fsp3) is 0.625. The first-order valence-electron chi connectivity index (χ1n) is 4.25. The van der Waals surface area contributed by atoms with E-state index in [0.717, 1.165) is 0 Å². The van der Waals surface area contributed by atoms with Crippen molar-refractivity contribution >= 4 is 17.7 Å². The molecule has 0 radical (unpaired) electrons. The van der Waals surface area contributed by atoms with E-state index in [0.29, 0.717) is 6.42 Å². The summed E-state index contributed by atoms with van der Waals surface area (Å²) in [5, 5.41) is 4.61. The first-order chi connectivity index (χ1) is 6.63. The number of amides is 3. The average Bonchev–Trinajstić information content (AvgIpc) is 2.10. The van der Waals surface area contributed by atoms with Gasteiger partial charge in [0.1, 0.15) is 12.6 Å². The van der Waals surface area contributed by atoms with Crippen molar-refractivity contribution in [3.8, 4) is 0 Å². The molecule has 1 aliphatic rings. The minimum absolute atomic E-state index is 0.0856. The predicted molar refractivity (Wildman–Crippen MR) is 46.2 cm³/mol. The summed E-state index contributed by atoms with van der Waals surface area (Å²) in [5.41, 5.74) is 0. The van der Waals surface area contributed by atoms with Crippen molar-refractivity contribution in [1.82, 2.24) is 10.6 Å². The van der Waals surface area contributed by atoms with Crippen LogP contribution in [0.25, 0.3) is 0 Å². The van der Waals surface area contributed by atoms with Crippen molar-refractivity contribution in [3.63, 3.8) is 0 Å². The Balaban J connectivity index is 2.41. The molecular weight excluding hydrogens is 188 g/mol. The van der Waals surface area contributed by atoms with E-state index in [9.17, 15) is 14.4 Å². The van der Waals surface area contributed by atoms with Gasteiger partial charge in [0.25, 0.3) is 0 Å². The fourth-order valence-electron chi connectivity index (χ4n) is 1.20. The molecule has 1 rings (SSSR count). The molecule has 3 amide bonds. The number of ether oxygens (including phenoxy) is 1. The van der Waals surface area contributed by atoms with Crippen LogP contribution < -0.4 is 10.6 Å². The molecule has 0 aliphatic carbocycles.